The maximum Gasteiger partial charge on any atom is 0.151 e. The van der Waals surface area contributed by atoms with E-state index in [4.69, 9.17) is 0 Å². The normalized spacial score (nSPS) is 10.9. The van der Waals surface area contributed by atoms with Crippen molar-refractivity contribution in [3.63, 3.8) is 0 Å². The van der Waals surface area contributed by atoms with Crippen LogP contribution < -0.4 is 0 Å². The van der Waals surface area contributed by atoms with Gasteiger partial charge in [-0.3, -0.25) is 0 Å². The van der Waals surface area contributed by atoms with Crippen LogP contribution in [0.1, 0.15) is 5.56 Å². The van der Waals surface area contributed by atoms with E-state index in [1.54, 1.807) is 35.2 Å². The summed E-state index contributed by atoms with van der Waals surface area (Å²) in [5.41, 5.74) is 2.26. The number of benzene rings is 2. The van der Waals surface area contributed by atoms with E-state index >= 15 is 0 Å². The Morgan fingerprint density at radius 3 is 2.61 bits per heavy atom. The van der Waals surface area contributed by atoms with Gasteiger partial charge in [0.15, 0.2) is 4.34 Å². The molecule has 0 radical (unpaired) electrons. The van der Waals surface area contributed by atoms with Crippen LogP contribution >= 0.6 is 23.1 Å². The first kappa shape index (κ1) is 11.6. The van der Waals surface area contributed by atoms with Crippen molar-refractivity contribution < 1.29 is 5.11 Å². The summed E-state index contributed by atoms with van der Waals surface area (Å²) in [6.45, 7) is 0. The van der Waals surface area contributed by atoms with Crippen LogP contribution in [0, 0.1) is 0 Å². The summed E-state index contributed by atoms with van der Waals surface area (Å²) in [7, 11) is 0. The third kappa shape index (κ3) is 2.49. The lowest BCUT2D eigenvalue weighted by molar-refractivity contribution is 0.475. The highest BCUT2D eigenvalue weighted by Gasteiger charge is 2.04. The highest BCUT2D eigenvalue weighted by molar-refractivity contribution is 8.00. The Kier molecular flexibility index (Phi) is 3.21. The minimum Gasteiger partial charge on any atom is -0.508 e. The summed E-state index contributed by atoms with van der Waals surface area (Å²) in [5, 5.41) is 9.22. The molecule has 1 aromatic heterocycles. The number of thiazole rings is 1. The Balaban J connectivity index is 1.74. The third-order valence-corrected chi connectivity index (χ3v) is 4.82. The molecule has 0 amide bonds. The van der Waals surface area contributed by atoms with E-state index in [1.165, 1.54) is 10.3 Å². The highest BCUT2D eigenvalue weighted by Crippen LogP contribution is 2.31. The Labute approximate surface area is 113 Å². The lowest BCUT2D eigenvalue weighted by atomic mass is 10.2. The summed E-state index contributed by atoms with van der Waals surface area (Å²) in [5.74, 6) is 1.18. The van der Waals surface area contributed by atoms with Gasteiger partial charge in [0.1, 0.15) is 5.75 Å². The largest absolute Gasteiger partial charge is 0.508 e. The van der Waals surface area contributed by atoms with Gasteiger partial charge in [0.25, 0.3) is 0 Å². The van der Waals surface area contributed by atoms with Crippen molar-refractivity contribution in [1.82, 2.24) is 4.98 Å². The molecule has 18 heavy (non-hydrogen) atoms. The Morgan fingerprint density at radius 1 is 1.06 bits per heavy atom. The number of thioether (sulfide) groups is 1. The van der Waals surface area contributed by atoms with Gasteiger partial charge in [0.05, 0.1) is 10.2 Å². The zero-order chi connectivity index (χ0) is 12.4. The van der Waals surface area contributed by atoms with Crippen molar-refractivity contribution in [1.29, 1.82) is 0 Å². The molecule has 90 valence electrons. The van der Waals surface area contributed by atoms with Gasteiger partial charge in [-0.15, -0.1) is 11.3 Å². The number of phenolic OH excluding ortho intramolecular Hbond substituents is 1. The van der Waals surface area contributed by atoms with Gasteiger partial charge < -0.3 is 5.11 Å². The molecule has 4 heteroatoms. The monoisotopic (exact) mass is 273 g/mol. The van der Waals surface area contributed by atoms with Crippen LogP contribution in [-0.4, -0.2) is 10.1 Å². The molecule has 1 heterocycles. The second-order valence-electron chi connectivity index (χ2n) is 3.90. The molecular formula is C14H11NOS2. The maximum atomic E-state index is 9.22. The molecule has 3 rings (SSSR count). The summed E-state index contributed by atoms with van der Waals surface area (Å²) in [6, 6.07) is 15.5. The number of phenols is 1. The van der Waals surface area contributed by atoms with Crippen LogP contribution in [-0.2, 0) is 5.75 Å². The number of hydrogen-bond acceptors (Lipinski definition) is 4. The molecule has 0 bridgehead atoms. The standard InChI is InChI=1S/C14H11NOS2/c16-11-7-5-10(6-8-11)9-17-14-15-12-3-1-2-4-13(12)18-14/h1-8,16H,9H2. The molecule has 2 nitrogen and oxygen atoms in total. The summed E-state index contributed by atoms with van der Waals surface area (Å²) >= 11 is 3.45. The first-order valence-electron chi connectivity index (χ1n) is 5.57. The molecule has 0 saturated heterocycles. The quantitative estimate of drug-likeness (QED) is 0.722. The highest BCUT2D eigenvalue weighted by atomic mass is 32.2. The number of aromatic nitrogens is 1. The first-order chi connectivity index (χ1) is 8.81. The molecule has 0 aliphatic rings. The average Bonchev–Trinajstić information content (AvgIpc) is 2.81. The predicted molar refractivity (Wildman–Crippen MR) is 77.3 cm³/mol. The van der Waals surface area contributed by atoms with Crippen LogP contribution in [0.2, 0.25) is 0 Å². The molecule has 0 aliphatic carbocycles. The van der Waals surface area contributed by atoms with E-state index in [1.807, 2.05) is 30.3 Å². The van der Waals surface area contributed by atoms with E-state index in [0.29, 0.717) is 5.75 Å². The van der Waals surface area contributed by atoms with Crippen LogP contribution in [0.25, 0.3) is 10.2 Å². The topological polar surface area (TPSA) is 33.1 Å². The molecule has 1 N–H and O–H groups in total. The SMILES string of the molecule is Oc1ccc(CSc2nc3ccccc3s2)cc1. The van der Waals surface area contributed by atoms with Crippen molar-refractivity contribution in [2.24, 2.45) is 0 Å². The van der Waals surface area contributed by atoms with E-state index < -0.39 is 0 Å². The fourth-order valence-electron chi connectivity index (χ4n) is 1.65. The zero-order valence-corrected chi connectivity index (χ0v) is 11.2. The minimum absolute atomic E-state index is 0.309. The van der Waals surface area contributed by atoms with Gasteiger partial charge in [-0.1, -0.05) is 36.0 Å². The van der Waals surface area contributed by atoms with Crippen LogP contribution in [0.15, 0.2) is 52.9 Å². The van der Waals surface area contributed by atoms with Gasteiger partial charge in [-0.05, 0) is 29.8 Å². The maximum absolute atomic E-state index is 9.22. The fraction of sp³-hybridized carbons (Fsp3) is 0.0714. The van der Waals surface area contributed by atoms with E-state index in [9.17, 15) is 5.11 Å². The third-order valence-electron chi connectivity index (χ3n) is 2.57. The summed E-state index contributed by atoms with van der Waals surface area (Å²) in [4.78, 5) is 4.58. The second kappa shape index (κ2) is 5.00. The number of para-hydroxylation sites is 1. The van der Waals surface area contributed by atoms with Gasteiger partial charge >= 0.3 is 0 Å². The summed E-state index contributed by atoms with van der Waals surface area (Å²) < 4.78 is 2.31. The molecular weight excluding hydrogens is 262 g/mol. The van der Waals surface area contributed by atoms with E-state index in [2.05, 4.69) is 11.1 Å². The lowest BCUT2D eigenvalue weighted by Crippen LogP contribution is -1.78. The predicted octanol–water partition coefficient (Wildman–Crippen LogP) is 4.29. The lowest BCUT2D eigenvalue weighted by Gasteiger charge is -1.98. The van der Waals surface area contributed by atoms with Gasteiger partial charge in [-0.25, -0.2) is 4.98 Å². The zero-order valence-electron chi connectivity index (χ0n) is 9.54. The average molecular weight is 273 g/mol. The summed E-state index contributed by atoms with van der Waals surface area (Å²) in [6.07, 6.45) is 0. The van der Waals surface area contributed by atoms with Gasteiger partial charge in [0.2, 0.25) is 0 Å². The number of nitrogens with zero attached hydrogens (tertiary/aromatic N) is 1. The Hall–Kier alpha value is -1.52. The molecule has 0 atom stereocenters. The Bertz CT molecular complexity index is 628. The number of hydrogen-bond donors (Lipinski definition) is 1. The smallest absolute Gasteiger partial charge is 0.151 e. The van der Waals surface area contributed by atoms with Crippen molar-refractivity contribution >= 4 is 33.3 Å². The van der Waals surface area contributed by atoms with Gasteiger partial charge in [0, 0.05) is 5.75 Å². The number of fused-ring (bicyclic) bond motifs is 1. The molecule has 0 spiro atoms. The number of rotatable bonds is 3. The fourth-order valence-corrected chi connectivity index (χ4v) is 3.67. The van der Waals surface area contributed by atoms with Crippen molar-refractivity contribution in [3.8, 4) is 5.75 Å². The molecule has 0 unspecified atom stereocenters. The Morgan fingerprint density at radius 2 is 1.83 bits per heavy atom. The van der Waals surface area contributed by atoms with Gasteiger partial charge in [-0.2, -0.15) is 0 Å². The minimum atomic E-state index is 0.309. The van der Waals surface area contributed by atoms with Crippen molar-refractivity contribution in [3.05, 3.63) is 54.1 Å². The second-order valence-corrected chi connectivity index (χ2v) is 6.16. The number of aromatic hydroxyl groups is 1. The van der Waals surface area contributed by atoms with Crippen molar-refractivity contribution in [2.75, 3.05) is 0 Å². The molecule has 0 aliphatic heterocycles. The van der Waals surface area contributed by atoms with Crippen LogP contribution in [0.4, 0.5) is 0 Å². The van der Waals surface area contributed by atoms with Crippen LogP contribution in [0.5, 0.6) is 5.75 Å². The first-order valence-corrected chi connectivity index (χ1v) is 7.38. The molecule has 2 aromatic carbocycles. The molecule has 0 saturated carbocycles. The molecule has 3 aromatic rings. The van der Waals surface area contributed by atoms with E-state index in [-0.39, 0.29) is 0 Å². The van der Waals surface area contributed by atoms with Crippen molar-refractivity contribution in [2.45, 2.75) is 10.1 Å². The molecule has 0 fully saturated rings. The van der Waals surface area contributed by atoms with E-state index in [0.717, 1.165) is 15.6 Å². The van der Waals surface area contributed by atoms with Crippen LogP contribution in [0.3, 0.4) is 0 Å².